The first-order chi connectivity index (χ1) is 24.4. The van der Waals surface area contributed by atoms with Crippen molar-refractivity contribution in [2.75, 3.05) is 51.5 Å². The van der Waals surface area contributed by atoms with Crippen LogP contribution in [0.2, 0.25) is 0 Å². The summed E-state index contributed by atoms with van der Waals surface area (Å²) in [6.07, 6.45) is 3.89. The summed E-state index contributed by atoms with van der Waals surface area (Å²) in [5, 5.41) is 0. The van der Waals surface area contributed by atoms with Crippen molar-refractivity contribution >= 4 is 23.1 Å². The SMILES string of the molecule is CC(C)(C)OC(=O)N1CC(N2CCC(CCN3CC[C@@H](n4c(=O)n(-c5ccc(Oc6ccccc6)cc5)c5c(N)ncnc54)C(F)(F)C3)CC2)C1. The van der Waals surface area contributed by atoms with Crippen LogP contribution in [0.5, 0.6) is 11.5 Å². The van der Waals surface area contributed by atoms with Gasteiger partial charge in [0.25, 0.3) is 5.92 Å². The van der Waals surface area contributed by atoms with Crippen molar-refractivity contribution in [3.63, 3.8) is 0 Å². The number of amides is 1. The van der Waals surface area contributed by atoms with E-state index in [1.807, 2.05) is 56.0 Å². The molecule has 5 heterocycles. The molecule has 12 nitrogen and oxygen atoms in total. The van der Waals surface area contributed by atoms with E-state index in [4.69, 9.17) is 15.2 Å². The van der Waals surface area contributed by atoms with Gasteiger partial charge in [-0.15, -0.1) is 0 Å². The Morgan fingerprint density at radius 3 is 2.31 bits per heavy atom. The molecule has 272 valence electrons. The van der Waals surface area contributed by atoms with Gasteiger partial charge in [0, 0.05) is 25.7 Å². The van der Waals surface area contributed by atoms with E-state index in [0.29, 0.717) is 55.3 Å². The van der Waals surface area contributed by atoms with Gasteiger partial charge in [-0.3, -0.25) is 18.9 Å². The van der Waals surface area contributed by atoms with Gasteiger partial charge >= 0.3 is 11.8 Å². The number of alkyl halides is 2. The fourth-order valence-corrected chi connectivity index (χ4v) is 7.52. The quantitative estimate of drug-likeness (QED) is 0.251. The zero-order valence-corrected chi connectivity index (χ0v) is 29.4. The zero-order chi connectivity index (χ0) is 35.9. The number of carbonyl (C=O) groups excluding carboxylic acids is 1. The fourth-order valence-electron chi connectivity index (χ4n) is 7.52. The monoisotopic (exact) mass is 704 g/mol. The van der Waals surface area contributed by atoms with E-state index in [1.165, 1.54) is 10.9 Å². The van der Waals surface area contributed by atoms with Gasteiger partial charge < -0.3 is 20.1 Å². The van der Waals surface area contributed by atoms with Gasteiger partial charge in [-0.1, -0.05) is 18.2 Å². The average molecular weight is 705 g/mol. The lowest BCUT2D eigenvalue weighted by molar-refractivity contribution is -0.104. The Morgan fingerprint density at radius 1 is 0.961 bits per heavy atom. The Morgan fingerprint density at radius 2 is 1.65 bits per heavy atom. The predicted octanol–water partition coefficient (Wildman–Crippen LogP) is 5.56. The number of hydrogen-bond donors (Lipinski definition) is 1. The van der Waals surface area contributed by atoms with E-state index in [-0.39, 0.29) is 29.5 Å². The lowest BCUT2D eigenvalue weighted by Gasteiger charge is -2.47. The van der Waals surface area contributed by atoms with Crippen LogP contribution in [0.4, 0.5) is 19.4 Å². The summed E-state index contributed by atoms with van der Waals surface area (Å²) in [5.74, 6) is -1.47. The number of piperidine rings is 2. The molecule has 3 aliphatic heterocycles. The number of nitrogens with zero attached hydrogens (tertiary/aromatic N) is 7. The number of hydrogen-bond acceptors (Lipinski definition) is 9. The molecule has 2 aromatic heterocycles. The van der Waals surface area contributed by atoms with Crippen LogP contribution in [0, 0.1) is 5.92 Å². The van der Waals surface area contributed by atoms with Crippen LogP contribution < -0.4 is 16.2 Å². The number of rotatable bonds is 8. The normalized spacial score (nSPS) is 20.7. The maximum absolute atomic E-state index is 16.1. The first-order valence-electron chi connectivity index (χ1n) is 17.8. The van der Waals surface area contributed by atoms with Crippen molar-refractivity contribution < 1.29 is 23.0 Å². The average Bonchev–Trinajstić information content (AvgIpc) is 3.36. The minimum absolute atomic E-state index is 0.0323. The summed E-state index contributed by atoms with van der Waals surface area (Å²) >= 11 is 0. The number of aromatic nitrogens is 4. The highest BCUT2D eigenvalue weighted by atomic mass is 19.3. The third kappa shape index (κ3) is 7.43. The maximum Gasteiger partial charge on any atom is 0.410 e. The number of anilines is 1. The maximum atomic E-state index is 16.1. The predicted molar refractivity (Wildman–Crippen MR) is 190 cm³/mol. The Labute approximate surface area is 295 Å². The lowest BCUT2D eigenvalue weighted by Crippen LogP contribution is -2.62. The highest BCUT2D eigenvalue weighted by Crippen LogP contribution is 2.39. The van der Waals surface area contributed by atoms with Gasteiger partial charge in [0.2, 0.25) is 0 Å². The van der Waals surface area contributed by atoms with Gasteiger partial charge in [-0.05, 0) is 108 Å². The Hall–Kier alpha value is -4.56. The number of fused-ring (bicyclic) bond motifs is 1. The summed E-state index contributed by atoms with van der Waals surface area (Å²) in [6.45, 7) is 9.42. The van der Waals surface area contributed by atoms with Gasteiger partial charge in [0.05, 0.1) is 12.2 Å². The van der Waals surface area contributed by atoms with Crippen molar-refractivity contribution in [3.8, 4) is 17.2 Å². The molecule has 1 atom stereocenters. The number of imidazole rings is 1. The minimum Gasteiger partial charge on any atom is -0.457 e. The molecule has 0 saturated carbocycles. The van der Waals surface area contributed by atoms with Crippen molar-refractivity contribution in [2.45, 2.75) is 70.1 Å². The lowest BCUT2D eigenvalue weighted by atomic mass is 9.91. The summed E-state index contributed by atoms with van der Waals surface area (Å²) in [5.41, 5.74) is 5.82. The molecule has 0 aliphatic carbocycles. The van der Waals surface area contributed by atoms with E-state index in [9.17, 15) is 9.59 Å². The third-order valence-electron chi connectivity index (χ3n) is 10.2. The van der Waals surface area contributed by atoms with Crippen LogP contribution in [-0.2, 0) is 4.74 Å². The molecule has 0 bridgehead atoms. The molecular formula is C37H46F2N8O4. The molecule has 3 saturated heterocycles. The summed E-state index contributed by atoms with van der Waals surface area (Å²) in [4.78, 5) is 40.7. The number of likely N-dealkylation sites (tertiary alicyclic amines) is 3. The molecule has 3 fully saturated rings. The van der Waals surface area contributed by atoms with Crippen LogP contribution in [0.1, 0.15) is 52.5 Å². The third-order valence-corrected chi connectivity index (χ3v) is 10.2. The minimum atomic E-state index is -3.18. The van der Waals surface area contributed by atoms with E-state index >= 15 is 8.78 Å². The molecule has 2 aromatic carbocycles. The van der Waals surface area contributed by atoms with Gasteiger partial charge in [-0.25, -0.2) is 28.3 Å². The molecule has 0 radical (unpaired) electrons. The molecule has 1 amide bonds. The summed E-state index contributed by atoms with van der Waals surface area (Å²) < 4.78 is 45.9. The number of nitrogens with two attached hydrogens (primary N) is 1. The first-order valence-corrected chi connectivity index (χ1v) is 17.8. The Kier molecular flexibility index (Phi) is 9.48. The molecule has 0 spiro atoms. The summed E-state index contributed by atoms with van der Waals surface area (Å²) in [6, 6.07) is 15.0. The molecule has 7 rings (SSSR count). The number of halogens is 2. The highest BCUT2D eigenvalue weighted by Gasteiger charge is 2.48. The van der Waals surface area contributed by atoms with E-state index in [0.717, 1.165) is 36.9 Å². The number of nitrogen functional groups attached to an aromatic ring is 1. The van der Waals surface area contributed by atoms with Crippen LogP contribution >= 0.6 is 0 Å². The van der Waals surface area contributed by atoms with Crippen molar-refractivity contribution in [1.29, 1.82) is 0 Å². The zero-order valence-electron chi connectivity index (χ0n) is 29.4. The van der Waals surface area contributed by atoms with E-state index in [1.54, 1.807) is 29.2 Å². The van der Waals surface area contributed by atoms with Gasteiger partial charge in [0.15, 0.2) is 11.5 Å². The molecule has 3 aliphatic rings. The number of carbonyl (C=O) groups is 1. The molecule has 14 heteroatoms. The second-order valence-electron chi connectivity index (χ2n) is 15.0. The molecule has 0 unspecified atom stereocenters. The van der Waals surface area contributed by atoms with E-state index in [2.05, 4.69) is 14.9 Å². The van der Waals surface area contributed by atoms with Crippen LogP contribution in [0.15, 0.2) is 65.7 Å². The van der Waals surface area contributed by atoms with E-state index < -0.39 is 29.8 Å². The number of para-hydroxylation sites is 1. The van der Waals surface area contributed by atoms with Crippen molar-refractivity contribution in [2.24, 2.45) is 5.92 Å². The smallest absolute Gasteiger partial charge is 0.410 e. The van der Waals surface area contributed by atoms with Gasteiger partial charge in [-0.2, -0.15) is 0 Å². The summed E-state index contributed by atoms with van der Waals surface area (Å²) in [7, 11) is 0. The van der Waals surface area contributed by atoms with Crippen LogP contribution in [0.3, 0.4) is 0 Å². The molecule has 2 N–H and O–H groups in total. The molecule has 4 aromatic rings. The van der Waals surface area contributed by atoms with Crippen molar-refractivity contribution in [1.82, 2.24) is 33.8 Å². The van der Waals surface area contributed by atoms with Crippen LogP contribution in [-0.4, -0.2) is 103 Å². The highest BCUT2D eigenvalue weighted by molar-refractivity contribution is 5.84. The van der Waals surface area contributed by atoms with Crippen LogP contribution in [0.25, 0.3) is 16.9 Å². The van der Waals surface area contributed by atoms with Crippen molar-refractivity contribution in [3.05, 3.63) is 71.4 Å². The Bertz CT molecular complexity index is 1900. The number of benzene rings is 2. The second-order valence-corrected chi connectivity index (χ2v) is 15.0. The molecular weight excluding hydrogens is 658 g/mol. The topological polar surface area (TPSA) is 124 Å². The molecule has 51 heavy (non-hydrogen) atoms. The Balaban J connectivity index is 0.971. The second kappa shape index (κ2) is 13.9. The largest absolute Gasteiger partial charge is 0.457 e. The first kappa shape index (κ1) is 34.9. The fraction of sp³-hybridized carbons (Fsp3) is 0.514. The van der Waals surface area contributed by atoms with Gasteiger partial charge in [0.1, 0.15) is 35.0 Å². The number of ether oxygens (including phenoxy) is 2. The standard InChI is InChI=1S/C37H46F2N8O4/c1-36(2,3)51-35(49)45-21-27(22-45)44-19-14-25(15-20-44)13-17-43-18-16-30(37(38,39)23-43)47-33-31(32(40)41-24-42-33)46(34(47)48)26-9-11-29(12-10-26)50-28-7-5-4-6-8-28/h4-12,24-25,27,30H,13-23H2,1-3H3,(H2,40,41,42)/t30-/m1/s1.